The number of ether oxygens (including phenoxy) is 1. The van der Waals surface area contributed by atoms with Crippen LogP contribution in [-0.2, 0) is 4.74 Å². The number of hydrogen-bond donors (Lipinski definition) is 1. The first-order valence-corrected chi connectivity index (χ1v) is 7.87. The van der Waals surface area contributed by atoms with E-state index in [4.69, 9.17) is 10.5 Å². The zero-order chi connectivity index (χ0) is 15.5. The summed E-state index contributed by atoms with van der Waals surface area (Å²) in [4.78, 5) is 11.7. The van der Waals surface area contributed by atoms with Gasteiger partial charge >= 0.3 is 5.97 Å². The Morgan fingerprint density at radius 3 is 2.33 bits per heavy atom. The van der Waals surface area contributed by atoms with Crippen molar-refractivity contribution >= 4 is 11.7 Å². The third-order valence-electron chi connectivity index (χ3n) is 3.46. The number of unbranched alkanes of at least 4 members (excludes halogenated alkanes) is 7. The largest absolute Gasteiger partial charge is 0.462 e. The number of anilines is 1. The molecular weight excluding hydrogens is 269 g/mol. The highest BCUT2D eigenvalue weighted by molar-refractivity contribution is 5.90. The Labute approximate surface area is 126 Å². The molecule has 0 unspecified atom stereocenters. The number of nitrogen functional groups attached to an aromatic ring is 1. The lowest BCUT2D eigenvalue weighted by molar-refractivity contribution is 0.0497. The minimum atomic E-state index is -0.519. The molecule has 1 aromatic rings. The highest BCUT2D eigenvalue weighted by Gasteiger charge is 2.09. The van der Waals surface area contributed by atoms with Crippen LogP contribution in [0.5, 0.6) is 0 Å². The number of esters is 1. The summed E-state index contributed by atoms with van der Waals surface area (Å²) in [6.45, 7) is 2.62. The number of nitrogens with two attached hydrogens (primary N) is 1. The fraction of sp³-hybridized carbons (Fsp3) is 0.588. The topological polar surface area (TPSA) is 52.3 Å². The number of halogens is 1. The van der Waals surface area contributed by atoms with Crippen LogP contribution in [0.4, 0.5) is 10.1 Å². The molecule has 0 saturated heterocycles. The van der Waals surface area contributed by atoms with Gasteiger partial charge < -0.3 is 10.5 Å². The summed E-state index contributed by atoms with van der Waals surface area (Å²) in [6, 6.07) is 3.88. The summed E-state index contributed by atoms with van der Waals surface area (Å²) in [6.07, 6.45) is 9.58. The molecule has 0 bridgehead atoms. The number of hydrogen-bond acceptors (Lipinski definition) is 3. The standard InChI is InChI=1S/C17H26FNO2/c1-2-3-4-5-6-7-8-9-12-21-17(20)14-10-11-15(18)16(19)13-14/h10-11,13H,2-9,12,19H2,1H3. The first-order chi connectivity index (χ1) is 10.1. The van der Waals surface area contributed by atoms with Crippen LogP contribution in [-0.4, -0.2) is 12.6 Å². The molecule has 118 valence electrons. The lowest BCUT2D eigenvalue weighted by Crippen LogP contribution is -2.07. The first-order valence-electron chi connectivity index (χ1n) is 7.87. The summed E-state index contributed by atoms with van der Waals surface area (Å²) in [5.41, 5.74) is 5.69. The van der Waals surface area contributed by atoms with Crippen molar-refractivity contribution in [2.75, 3.05) is 12.3 Å². The molecule has 0 aliphatic carbocycles. The zero-order valence-electron chi connectivity index (χ0n) is 12.9. The van der Waals surface area contributed by atoms with Gasteiger partial charge in [-0.05, 0) is 24.6 Å². The van der Waals surface area contributed by atoms with E-state index in [2.05, 4.69) is 6.92 Å². The molecule has 0 aromatic heterocycles. The van der Waals surface area contributed by atoms with Crippen LogP contribution in [0.15, 0.2) is 18.2 Å². The Morgan fingerprint density at radius 1 is 1.10 bits per heavy atom. The molecule has 2 N–H and O–H groups in total. The van der Waals surface area contributed by atoms with Gasteiger partial charge in [0.2, 0.25) is 0 Å². The predicted molar refractivity (Wildman–Crippen MR) is 83.7 cm³/mol. The average Bonchev–Trinajstić information content (AvgIpc) is 2.48. The van der Waals surface area contributed by atoms with Gasteiger partial charge in [-0.2, -0.15) is 0 Å². The third kappa shape index (κ3) is 7.11. The lowest BCUT2D eigenvalue weighted by atomic mass is 10.1. The quantitative estimate of drug-likeness (QED) is 0.386. The summed E-state index contributed by atoms with van der Waals surface area (Å²) in [5, 5.41) is 0. The fourth-order valence-electron chi connectivity index (χ4n) is 2.15. The number of benzene rings is 1. The first kappa shape index (κ1) is 17.5. The SMILES string of the molecule is CCCCCCCCCCOC(=O)c1ccc(F)c(N)c1. The van der Waals surface area contributed by atoms with Crippen LogP contribution in [0.2, 0.25) is 0 Å². The minimum Gasteiger partial charge on any atom is -0.462 e. The van der Waals surface area contributed by atoms with Gasteiger partial charge in [-0.3, -0.25) is 0 Å². The monoisotopic (exact) mass is 295 g/mol. The van der Waals surface area contributed by atoms with Gasteiger partial charge in [0.1, 0.15) is 5.82 Å². The van der Waals surface area contributed by atoms with Crippen LogP contribution in [0, 0.1) is 5.82 Å². The molecule has 0 amide bonds. The second kappa shape index (κ2) is 10.2. The molecule has 21 heavy (non-hydrogen) atoms. The molecule has 1 rings (SSSR count). The summed E-state index contributed by atoms with van der Waals surface area (Å²) in [7, 11) is 0. The van der Waals surface area contributed by atoms with Crippen molar-refractivity contribution < 1.29 is 13.9 Å². The molecule has 0 radical (unpaired) electrons. The fourth-order valence-corrected chi connectivity index (χ4v) is 2.15. The van der Waals surface area contributed by atoms with Crippen molar-refractivity contribution in [1.82, 2.24) is 0 Å². The van der Waals surface area contributed by atoms with Crippen molar-refractivity contribution in [2.45, 2.75) is 58.3 Å². The Kier molecular flexibility index (Phi) is 8.48. The smallest absolute Gasteiger partial charge is 0.338 e. The maximum atomic E-state index is 13.0. The predicted octanol–water partition coefficient (Wildman–Crippen LogP) is 4.71. The summed E-state index contributed by atoms with van der Waals surface area (Å²) in [5.74, 6) is -0.959. The van der Waals surface area contributed by atoms with Crippen molar-refractivity contribution in [3.05, 3.63) is 29.6 Å². The van der Waals surface area contributed by atoms with E-state index in [1.807, 2.05) is 0 Å². The van der Waals surface area contributed by atoms with Gasteiger partial charge in [0.15, 0.2) is 0 Å². The van der Waals surface area contributed by atoms with E-state index in [1.54, 1.807) is 0 Å². The normalized spacial score (nSPS) is 10.6. The van der Waals surface area contributed by atoms with Gasteiger partial charge in [-0.25, -0.2) is 9.18 Å². The third-order valence-corrected chi connectivity index (χ3v) is 3.46. The van der Waals surface area contributed by atoms with Crippen LogP contribution in [0.25, 0.3) is 0 Å². The van der Waals surface area contributed by atoms with Gasteiger partial charge in [-0.15, -0.1) is 0 Å². The number of carbonyl (C=O) groups excluding carboxylic acids is 1. The molecule has 0 saturated carbocycles. The number of rotatable bonds is 10. The van der Waals surface area contributed by atoms with E-state index in [1.165, 1.54) is 56.7 Å². The molecule has 4 heteroatoms. The maximum absolute atomic E-state index is 13.0. The van der Waals surface area contributed by atoms with Crippen LogP contribution in [0.1, 0.15) is 68.6 Å². The minimum absolute atomic E-state index is 0.0310. The van der Waals surface area contributed by atoms with E-state index in [9.17, 15) is 9.18 Å². The molecule has 3 nitrogen and oxygen atoms in total. The molecular formula is C17H26FNO2. The molecule has 0 fully saturated rings. The van der Waals surface area contributed by atoms with E-state index < -0.39 is 11.8 Å². The van der Waals surface area contributed by atoms with Crippen molar-refractivity contribution in [3.63, 3.8) is 0 Å². The van der Waals surface area contributed by atoms with Gasteiger partial charge in [0, 0.05) is 0 Å². The van der Waals surface area contributed by atoms with Gasteiger partial charge in [0.05, 0.1) is 17.9 Å². The van der Waals surface area contributed by atoms with Gasteiger partial charge in [-0.1, -0.05) is 51.9 Å². The molecule has 0 aliphatic rings. The van der Waals surface area contributed by atoms with Crippen molar-refractivity contribution in [2.24, 2.45) is 0 Å². The maximum Gasteiger partial charge on any atom is 0.338 e. The van der Waals surface area contributed by atoms with Crippen LogP contribution >= 0.6 is 0 Å². The van der Waals surface area contributed by atoms with Crippen molar-refractivity contribution in [1.29, 1.82) is 0 Å². The average molecular weight is 295 g/mol. The van der Waals surface area contributed by atoms with Crippen molar-refractivity contribution in [3.8, 4) is 0 Å². The Hall–Kier alpha value is -1.58. The van der Waals surface area contributed by atoms with E-state index in [-0.39, 0.29) is 5.69 Å². The summed E-state index contributed by atoms with van der Waals surface area (Å²) < 4.78 is 18.1. The molecule has 0 spiro atoms. The Balaban J connectivity index is 2.09. The second-order valence-electron chi connectivity index (χ2n) is 5.35. The van der Waals surface area contributed by atoms with E-state index in [0.29, 0.717) is 12.2 Å². The lowest BCUT2D eigenvalue weighted by Gasteiger charge is -2.06. The van der Waals surface area contributed by atoms with Crippen LogP contribution < -0.4 is 5.73 Å². The van der Waals surface area contributed by atoms with Crippen LogP contribution in [0.3, 0.4) is 0 Å². The van der Waals surface area contributed by atoms with Gasteiger partial charge in [0.25, 0.3) is 0 Å². The van der Waals surface area contributed by atoms with E-state index in [0.717, 1.165) is 12.8 Å². The second-order valence-corrected chi connectivity index (χ2v) is 5.35. The number of carbonyl (C=O) groups is 1. The Bertz CT molecular complexity index is 435. The molecule has 1 aromatic carbocycles. The highest BCUT2D eigenvalue weighted by Crippen LogP contribution is 2.13. The van der Waals surface area contributed by atoms with E-state index >= 15 is 0 Å². The molecule has 0 aliphatic heterocycles. The Morgan fingerprint density at radius 2 is 1.71 bits per heavy atom. The molecule has 0 atom stereocenters. The highest BCUT2D eigenvalue weighted by atomic mass is 19.1. The summed E-state index contributed by atoms with van der Waals surface area (Å²) >= 11 is 0. The molecule has 0 heterocycles. The zero-order valence-corrected chi connectivity index (χ0v) is 12.9.